The van der Waals surface area contributed by atoms with Gasteiger partial charge in [0.25, 0.3) is 0 Å². The molecule has 4 aliphatic carbocycles. The van der Waals surface area contributed by atoms with E-state index in [0.717, 1.165) is 23.2 Å². The average molecular weight is 531 g/mol. The van der Waals surface area contributed by atoms with E-state index in [0.29, 0.717) is 0 Å². The van der Waals surface area contributed by atoms with Gasteiger partial charge in [-0.25, -0.2) is 0 Å². The highest BCUT2D eigenvalue weighted by molar-refractivity contribution is 7.58. The fourth-order valence-corrected chi connectivity index (χ4v) is 23.1. The highest BCUT2D eigenvalue weighted by Gasteiger charge is 2.63. The Morgan fingerprint density at radius 3 is 1.39 bits per heavy atom. The molecule has 1 unspecified atom stereocenters. The summed E-state index contributed by atoms with van der Waals surface area (Å²) >= 11 is 0. The summed E-state index contributed by atoms with van der Waals surface area (Å²) in [5, 5.41) is 3.80. The first-order chi connectivity index (χ1) is 16.8. The van der Waals surface area contributed by atoms with Crippen molar-refractivity contribution in [3.63, 3.8) is 0 Å². The summed E-state index contributed by atoms with van der Waals surface area (Å²) < 4.78 is 0. The van der Waals surface area contributed by atoms with Gasteiger partial charge in [-0.1, -0.05) is 112 Å². The van der Waals surface area contributed by atoms with Crippen molar-refractivity contribution in [2.75, 3.05) is 0 Å². The first-order valence-electron chi connectivity index (χ1n) is 14.3. The number of benzene rings is 2. The molecule has 2 aromatic carbocycles. The van der Waals surface area contributed by atoms with Crippen molar-refractivity contribution in [3.05, 3.63) is 71.8 Å². The molecule has 192 valence electrons. The Balaban J connectivity index is 1.81. The molecule has 1 atom stereocenters. The number of hydrogen-bond donors (Lipinski definition) is 0. The molecule has 4 heteroatoms. The fourth-order valence-electron chi connectivity index (χ4n) is 8.59. The van der Waals surface area contributed by atoms with Crippen LogP contribution in [0.25, 0.3) is 10.4 Å². The lowest BCUT2D eigenvalue weighted by molar-refractivity contribution is -0.136. The minimum Gasteiger partial charge on any atom is -0.305 e. The fraction of sp³-hybridized carbons (Fsp3) is 0.531. The van der Waals surface area contributed by atoms with Crippen LogP contribution >= 0.6 is 0 Å². The van der Waals surface area contributed by atoms with E-state index in [1.807, 2.05) is 0 Å². The predicted octanol–water partition coefficient (Wildman–Crippen LogP) is 8.83. The van der Waals surface area contributed by atoms with E-state index < -0.39 is 23.3 Å². The molecule has 0 aromatic heterocycles. The standard InChI is InChI=1S/C32H46OSi3/c1-34(2,3)29(27-14-10-8-11-15-27)30(28-16-12-9-13-17-28)36(7,35(4,5)6)31(33)32-21-24-18-25(22-32)20-26(19-24)23-32/h8-17,24-26H,18-23H2,1-7H3/b30-29-. The summed E-state index contributed by atoms with van der Waals surface area (Å²) in [6.07, 6.45) is 7.72. The van der Waals surface area contributed by atoms with E-state index >= 15 is 4.79 Å². The summed E-state index contributed by atoms with van der Waals surface area (Å²) in [7, 11) is -6.26. The Kier molecular flexibility index (Phi) is 6.57. The van der Waals surface area contributed by atoms with Gasteiger partial charge in [0, 0.05) is 5.41 Å². The van der Waals surface area contributed by atoms with Crippen molar-refractivity contribution >= 4 is 39.1 Å². The van der Waals surface area contributed by atoms with E-state index in [1.165, 1.54) is 54.8 Å². The van der Waals surface area contributed by atoms with Crippen molar-refractivity contribution in [3.8, 4) is 0 Å². The molecule has 0 radical (unpaired) electrons. The van der Waals surface area contributed by atoms with E-state index in [2.05, 4.69) is 106 Å². The van der Waals surface area contributed by atoms with Gasteiger partial charge < -0.3 is 4.79 Å². The monoisotopic (exact) mass is 530 g/mol. The van der Waals surface area contributed by atoms with Crippen LogP contribution in [0, 0.1) is 23.2 Å². The maximum Gasteiger partial charge on any atom is 0.153 e. The molecular weight excluding hydrogens is 485 g/mol. The van der Waals surface area contributed by atoms with Crippen LogP contribution in [-0.4, -0.2) is 28.7 Å². The third-order valence-corrected chi connectivity index (χ3v) is 28.8. The summed E-state index contributed by atoms with van der Waals surface area (Å²) in [6.45, 7) is 17.6. The molecule has 4 fully saturated rings. The quantitative estimate of drug-likeness (QED) is 0.258. The lowest BCUT2D eigenvalue weighted by atomic mass is 9.50. The van der Waals surface area contributed by atoms with Crippen LogP contribution in [0.2, 0.25) is 45.8 Å². The maximum atomic E-state index is 15.5. The van der Waals surface area contributed by atoms with Gasteiger partial charge in [0.2, 0.25) is 0 Å². The van der Waals surface area contributed by atoms with E-state index in [1.54, 1.807) is 5.20 Å². The molecule has 4 bridgehead atoms. The Morgan fingerprint density at radius 2 is 1.03 bits per heavy atom. The number of hydrogen-bond acceptors (Lipinski definition) is 1. The first-order valence-corrected chi connectivity index (χ1v) is 24.8. The van der Waals surface area contributed by atoms with Crippen molar-refractivity contribution < 1.29 is 4.79 Å². The van der Waals surface area contributed by atoms with Gasteiger partial charge in [0.1, 0.15) is 5.41 Å². The number of carbonyl (C=O) groups excluding carboxylic acids is 1. The molecule has 0 spiro atoms. The number of carbonyl (C=O) groups is 1. The van der Waals surface area contributed by atoms with Crippen LogP contribution in [0.1, 0.15) is 49.7 Å². The molecule has 36 heavy (non-hydrogen) atoms. The molecule has 0 aliphatic heterocycles. The van der Waals surface area contributed by atoms with Crippen LogP contribution in [0.3, 0.4) is 0 Å². The molecule has 0 amide bonds. The van der Waals surface area contributed by atoms with Gasteiger partial charge in [-0.05, 0) is 72.6 Å². The van der Waals surface area contributed by atoms with Gasteiger partial charge in [0.05, 0.1) is 15.7 Å². The molecule has 6 rings (SSSR count). The van der Waals surface area contributed by atoms with Crippen LogP contribution in [0.5, 0.6) is 0 Å². The van der Waals surface area contributed by atoms with Crippen LogP contribution < -0.4 is 0 Å². The lowest BCUT2D eigenvalue weighted by Gasteiger charge is -2.59. The van der Waals surface area contributed by atoms with Gasteiger partial charge in [0.15, 0.2) is 7.59 Å². The third kappa shape index (κ3) is 4.31. The molecule has 1 nitrogen and oxygen atoms in total. The van der Waals surface area contributed by atoms with Gasteiger partial charge in [-0.3, -0.25) is 0 Å². The largest absolute Gasteiger partial charge is 0.305 e. The van der Waals surface area contributed by atoms with E-state index in [9.17, 15) is 0 Å². The minimum atomic E-state index is -2.55. The second kappa shape index (κ2) is 9.06. The molecule has 0 heterocycles. The minimum absolute atomic E-state index is 0.0444. The molecule has 0 saturated heterocycles. The summed E-state index contributed by atoms with van der Waals surface area (Å²) in [5.41, 5.74) is 2.64. The summed E-state index contributed by atoms with van der Waals surface area (Å²) in [4.78, 5) is 15.5. The summed E-state index contributed by atoms with van der Waals surface area (Å²) in [5.74, 6) is 2.40. The Labute approximate surface area is 222 Å². The maximum absolute atomic E-state index is 15.5. The first kappa shape index (κ1) is 26.1. The molecule has 2 aromatic rings. The molecule has 0 N–H and O–H groups in total. The van der Waals surface area contributed by atoms with E-state index in [-0.39, 0.29) is 5.41 Å². The van der Waals surface area contributed by atoms with Crippen molar-refractivity contribution in [2.24, 2.45) is 23.2 Å². The predicted molar refractivity (Wildman–Crippen MR) is 164 cm³/mol. The second-order valence-electron chi connectivity index (χ2n) is 14.6. The van der Waals surface area contributed by atoms with Gasteiger partial charge >= 0.3 is 0 Å². The normalized spacial score (nSPS) is 30.0. The Hall–Kier alpha value is -1.50. The topological polar surface area (TPSA) is 17.1 Å². The second-order valence-corrected chi connectivity index (χ2v) is 34.8. The third-order valence-electron chi connectivity index (χ3n) is 10.1. The van der Waals surface area contributed by atoms with Crippen molar-refractivity contribution in [2.45, 2.75) is 84.4 Å². The molecular formula is C32H46OSi3. The Morgan fingerprint density at radius 1 is 0.639 bits per heavy atom. The van der Waals surface area contributed by atoms with Gasteiger partial charge in [-0.2, -0.15) is 0 Å². The zero-order valence-electron chi connectivity index (χ0n) is 23.7. The zero-order chi connectivity index (χ0) is 25.9. The zero-order valence-corrected chi connectivity index (χ0v) is 26.7. The van der Waals surface area contributed by atoms with Gasteiger partial charge in [-0.15, -0.1) is 0 Å². The highest BCUT2D eigenvalue weighted by atomic mass is 29.3. The smallest absolute Gasteiger partial charge is 0.153 e. The highest BCUT2D eigenvalue weighted by Crippen LogP contribution is 2.62. The van der Waals surface area contributed by atoms with Crippen LogP contribution in [0.4, 0.5) is 0 Å². The van der Waals surface area contributed by atoms with Crippen molar-refractivity contribution in [1.29, 1.82) is 0 Å². The SMILES string of the molecule is C[Si](C)(C)/C(=C(/c1ccccc1)[Si](C)(C(=O)C12CC3CC(CC(C3)C1)C2)[Si](C)(C)C)c1ccccc1. The average Bonchev–Trinajstić information content (AvgIpc) is 2.80. The summed E-state index contributed by atoms with van der Waals surface area (Å²) in [6, 6.07) is 22.3. The van der Waals surface area contributed by atoms with Crippen LogP contribution in [-0.2, 0) is 4.79 Å². The van der Waals surface area contributed by atoms with Crippen molar-refractivity contribution in [1.82, 2.24) is 0 Å². The van der Waals surface area contributed by atoms with Crippen LogP contribution in [0.15, 0.2) is 60.7 Å². The molecule has 4 aliphatic rings. The number of rotatable bonds is 7. The molecule has 4 saturated carbocycles. The lowest BCUT2D eigenvalue weighted by Crippen LogP contribution is -2.68. The van der Waals surface area contributed by atoms with E-state index in [4.69, 9.17) is 0 Å². The Bertz CT molecular complexity index is 1120.